The number of benzene rings is 1. The van der Waals surface area contributed by atoms with E-state index in [1.165, 1.54) is 0 Å². The van der Waals surface area contributed by atoms with E-state index in [2.05, 4.69) is 10.2 Å². The minimum atomic E-state index is -0.320. The van der Waals surface area contributed by atoms with E-state index in [9.17, 15) is 9.59 Å². The van der Waals surface area contributed by atoms with Gasteiger partial charge in [-0.2, -0.15) is 0 Å². The molecule has 26 heavy (non-hydrogen) atoms. The lowest BCUT2D eigenvalue weighted by atomic mass is 10.2. The summed E-state index contributed by atoms with van der Waals surface area (Å²) in [5.41, 5.74) is 0.854. The Bertz CT molecular complexity index is 739. The van der Waals surface area contributed by atoms with Gasteiger partial charge in [0.15, 0.2) is 0 Å². The highest BCUT2D eigenvalue weighted by Crippen LogP contribution is 2.17. The molecule has 1 fully saturated rings. The Hall–Kier alpha value is -2.90. The van der Waals surface area contributed by atoms with Gasteiger partial charge in [0, 0.05) is 44.6 Å². The zero-order chi connectivity index (χ0) is 18.4. The standard InChI is InChI=1S/C18H22N4O4/c1-2-25-18(24)22-12-10-21(11-13-22)16(23)9-8-15-19-20-17(26-15)14-6-4-3-5-7-14/h3-7H,2,8-13H2,1H3. The first kappa shape index (κ1) is 17.9. The third-order valence-electron chi connectivity index (χ3n) is 4.20. The molecule has 0 atom stereocenters. The number of rotatable bonds is 5. The monoisotopic (exact) mass is 358 g/mol. The smallest absolute Gasteiger partial charge is 0.409 e. The molecule has 2 aromatic rings. The number of ether oxygens (including phenoxy) is 1. The van der Waals surface area contributed by atoms with Crippen LogP contribution >= 0.6 is 0 Å². The van der Waals surface area contributed by atoms with Crippen molar-refractivity contribution in [3.63, 3.8) is 0 Å². The average molecular weight is 358 g/mol. The van der Waals surface area contributed by atoms with Gasteiger partial charge in [-0.15, -0.1) is 10.2 Å². The Morgan fingerprint density at radius 3 is 2.46 bits per heavy atom. The fourth-order valence-electron chi connectivity index (χ4n) is 2.78. The van der Waals surface area contributed by atoms with Crippen LogP contribution in [0.2, 0.25) is 0 Å². The Balaban J connectivity index is 1.46. The Morgan fingerprint density at radius 2 is 1.77 bits per heavy atom. The number of aryl methyl sites for hydroxylation is 1. The van der Waals surface area contributed by atoms with Crippen LogP contribution in [-0.4, -0.2) is 64.8 Å². The molecule has 1 aromatic heterocycles. The third-order valence-corrected chi connectivity index (χ3v) is 4.20. The highest BCUT2D eigenvalue weighted by atomic mass is 16.6. The van der Waals surface area contributed by atoms with Crippen LogP contribution in [0.5, 0.6) is 0 Å². The van der Waals surface area contributed by atoms with E-state index in [1.807, 2.05) is 30.3 Å². The summed E-state index contributed by atoms with van der Waals surface area (Å²) in [7, 11) is 0. The number of hydrogen-bond acceptors (Lipinski definition) is 6. The lowest BCUT2D eigenvalue weighted by Gasteiger charge is -2.34. The molecule has 8 nitrogen and oxygen atoms in total. The summed E-state index contributed by atoms with van der Waals surface area (Å²) in [4.78, 5) is 27.4. The second-order valence-electron chi connectivity index (χ2n) is 5.93. The Morgan fingerprint density at radius 1 is 1.08 bits per heavy atom. The molecule has 1 aliphatic heterocycles. The molecule has 0 radical (unpaired) electrons. The minimum absolute atomic E-state index is 0.0213. The zero-order valence-electron chi connectivity index (χ0n) is 14.8. The Kier molecular flexibility index (Phi) is 5.83. The van der Waals surface area contributed by atoms with Crippen molar-refractivity contribution >= 4 is 12.0 Å². The van der Waals surface area contributed by atoms with Gasteiger partial charge in [-0.05, 0) is 19.1 Å². The van der Waals surface area contributed by atoms with Crippen LogP contribution in [0.1, 0.15) is 19.2 Å². The van der Waals surface area contributed by atoms with Gasteiger partial charge in [-0.25, -0.2) is 4.79 Å². The lowest BCUT2D eigenvalue weighted by molar-refractivity contribution is -0.132. The molecule has 0 aliphatic carbocycles. The molecule has 0 unspecified atom stereocenters. The van der Waals surface area contributed by atoms with Crippen molar-refractivity contribution in [3.8, 4) is 11.5 Å². The van der Waals surface area contributed by atoms with Crippen molar-refractivity contribution in [1.82, 2.24) is 20.0 Å². The number of aromatic nitrogens is 2. The number of hydrogen-bond donors (Lipinski definition) is 0. The molecule has 3 rings (SSSR count). The summed E-state index contributed by atoms with van der Waals surface area (Å²) in [5, 5.41) is 8.03. The van der Waals surface area contributed by atoms with E-state index in [-0.39, 0.29) is 12.0 Å². The van der Waals surface area contributed by atoms with Gasteiger partial charge in [0.1, 0.15) is 0 Å². The maximum atomic E-state index is 12.4. The molecule has 2 amide bonds. The van der Waals surface area contributed by atoms with Crippen LogP contribution < -0.4 is 0 Å². The van der Waals surface area contributed by atoms with Crippen LogP contribution in [-0.2, 0) is 16.0 Å². The van der Waals surface area contributed by atoms with Crippen molar-refractivity contribution in [1.29, 1.82) is 0 Å². The lowest BCUT2D eigenvalue weighted by Crippen LogP contribution is -2.50. The van der Waals surface area contributed by atoms with Gasteiger partial charge in [0.25, 0.3) is 0 Å². The van der Waals surface area contributed by atoms with Gasteiger partial charge < -0.3 is 19.0 Å². The predicted molar refractivity (Wildman–Crippen MR) is 93.2 cm³/mol. The molecule has 138 valence electrons. The van der Waals surface area contributed by atoms with Gasteiger partial charge in [0.2, 0.25) is 17.7 Å². The minimum Gasteiger partial charge on any atom is -0.450 e. The largest absolute Gasteiger partial charge is 0.450 e. The predicted octanol–water partition coefficient (Wildman–Crippen LogP) is 1.97. The molecule has 1 aliphatic rings. The highest BCUT2D eigenvalue weighted by Gasteiger charge is 2.24. The zero-order valence-corrected chi connectivity index (χ0v) is 14.8. The second kappa shape index (κ2) is 8.46. The van der Waals surface area contributed by atoms with E-state index in [4.69, 9.17) is 9.15 Å². The van der Waals surface area contributed by atoms with Gasteiger partial charge >= 0.3 is 6.09 Å². The first-order chi connectivity index (χ1) is 12.7. The SMILES string of the molecule is CCOC(=O)N1CCN(C(=O)CCc2nnc(-c3ccccc3)o2)CC1. The number of carbonyl (C=O) groups is 2. The molecule has 8 heteroatoms. The van der Waals surface area contributed by atoms with Crippen LogP contribution in [0, 0.1) is 0 Å². The summed E-state index contributed by atoms with van der Waals surface area (Å²) in [6.45, 7) is 4.13. The van der Waals surface area contributed by atoms with Crippen molar-refractivity contribution in [2.45, 2.75) is 19.8 Å². The van der Waals surface area contributed by atoms with Crippen LogP contribution in [0.25, 0.3) is 11.5 Å². The fourth-order valence-corrected chi connectivity index (χ4v) is 2.78. The van der Waals surface area contributed by atoms with Gasteiger partial charge in [-0.1, -0.05) is 18.2 Å². The average Bonchev–Trinajstić information content (AvgIpc) is 3.16. The van der Waals surface area contributed by atoms with Crippen molar-refractivity contribution in [2.24, 2.45) is 0 Å². The molecule has 0 N–H and O–H groups in total. The quantitative estimate of drug-likeness (QED) is 0.812. The van der Waals surface area contributed by atoms with E-state index >= 15 is 0 Å². The van der Waals surface area contributed by atoms with Crippen molar-refractivity contribution in [3.05, 3.63) is 36.2 Å². The maximum absolute atomic E-state index is 12.4. The number of piperazine rings is 1. The summed E-state index contributed by atoms with van der Waals surface area (Å²) in [6, 6.07) is 9.51. The number of nitrogens with zero attached hydrogens (tertiary/aromatic N) is 4. The van der Waals surface area contributed by atoms with Crippen molar-refractivity contribution in [2.75, 3.05) is 32.8 Å². The van der Waals surface area contributed by atoms with Crippen LogP contribution in [0.3, 0.4) is 0 Å². The van der Waals surface area contributed by atoms with Gasteiger partial charge in [0.05, 0.1) is 6.61 Å². The number of carbonyl (C=O) groups excluding carboxylic acids is 2. The van der Waals surface area contributed by atoms with Crippen molar-refractivity contribution < 1.29 is 18.7 Å². The van der Waals surface area contributed by atoms with E-state index < -0.39 is 0 Å². The van der Waals surface area contributed by atoms with Crippen LogP contribution in [0.4, 0.5) is 4.79 Å². The Labute approximate surface area is 151 Å². The highest BCUT2D eigenvalue weighted by molar-refractivity contribution is 5.77. The van der Waals surface area contributed by atoms with Crippen LogP contribution in [0.15, 0.2) is 34.7 Å². The maximum Gasteiger partial charge on any atom is 0.409 e. The molecular weight excluding hydrogens is 336 g/mol. The molecule has 0 spiro atoms. The molecule has 1 aromatic carbocycles. The number of amides is 2. The third kappa shape index (κ3) is 4.38. The summed E-state index contributed by atoms with van der Waals surface area (Å²) in [6.07, 6.45) is 0.381. The second-order valence-corrected chi connectivity index (χ2v) is 5.93. The van der Waals surface area contributed by atoms with E-state index in [0.29, 0.717) is 57.4 Å². The fraction of sp³-hybridized carbons (Fsp3) is 0.444. The molecule has 2 heterocycles. The molecule has 1 saturated heterocycles. The van der Waals surface area contributed by atoms with E-state index in [1.54, 1.807) is 16.7 Å². The van der Waals surface area contributed by atoms with E-state index in [0.717, 1.165) is 5.56 Å². The summed E-state index contributed by atoms with van der Waals surface area (Å²) >= 11 is 0. The summed E-state index contributed by atoms with van der Waals surface area (Å²) < 4.78 is 10.6. The topological polar surface area (TPSA) is 88.8 Å². The molecular formula is C18H22N4O4. The molecule has 0 bridgehead atoms. The first-order valence-corrected chi connectivity index (χ1v) is 8.74. The normalized spacial score (nSPS) is 14.3. The molecule has 0 saturated carbocycles. The summed E-state index contributed by atoms with van der Waals surface area (Å²) in [5.74, 6) is 0.923. The van der Waals surface area contributed by atoms with Gasteiger partial charge in [-0.3, -0.25) is 4.79 Å². The first-order valence-electron chi connectivity index (χ1n) is 8.74.